The number of para-hydroxylation sites is 1. The second-order valence-electron chi connectivity index (χ2n) is 11.8. The molecule has 0 aliphatic carbocycles. The highest BCUT2D eigenvalue weighted by molar-refractivity contribution is 7.97. The summed E-state index contributed by atoms with van der Waals surface area (Å²) in [7, 11) is 0. The number of nitrogens with zero attached hydrogens (tertiary/aromatic N) is 3. The first-order valence-corrected chi connectivity index (χ1v) is 15.4. The molecule has 9 heteroatoms. The van der Waals surface area contributed by atoms with Crippen molar-refractivity contribution >= 4 is 40.7 Å². The monoisotopic (exact) mass is 601 g/mol. The predicted molar refractivity (Wildman–Crippen MR) is 171 cm³/mol. The van der Waals surface area contributed by atoms with Crippen molar-refractivity contribution in [2.24, 2.45) is 0 Å². The maximum absolute atomic E-state index is 12.6. The largest absolute Gasteiger partial charge is 0.475 e. The Hall–Kier alpha value is -3.95. The van der Waals surface area contributed by atoms with Crippen LogP contribution in [0.25, 0.3) is 11.0 Å². The van der Waals surface area contributed by atoms with Crippen LogP contribution in [-0.4, -0.2) is 64.7 Å². The second kappa shape index (κ2) is 13.1. The second-order valence-corrected chi connectivity index (χ2v) is 13.0. The Kier molecular flexibility index (Phi) is 9.32. The van der Waals surface area contributed by atoms with Gasteiger partial charge in [0.2, 0.25) is 5.76 Å². The highest BCUT2D eigenvalue weighted by Crippen LogP contribution is 2.33. The van der Waals surface area contributed by atoms with E-state index < -0.39 is 11.6 Å². The number of carboxylic acid groups (broad SMARTS) is 1. The molecule has 43 heavy (non-hydrogen) atoms. The molecule has 5 rings (SSSR count). The van der Waals surface area contributed by atoms with E-state index in [1.165, 1.54) is 16.8 Å². The number of carboxylic acids is 1. The summed E-state index contributed by atoms with van der Waals surface area (Å²) in [6, 6.07) is 24.8. The minimum atomic E-state index is -1.06. The topological polar surface area (TPSA) is 86.5 Å². The molecule has 1 amide bonds. The van der Waals surface area contributed by atoms with Crippen LogP contribution in [-0.2, 0) is 17.7 Å². The summed E-state index contributed by atoms with van der Waals surface area (Å²) in [6.45, 7) is 11.7. The van der Waals surface area contributed by atoms with Crippen molar-refractivity contribution in [2.45, 2.75) is 51.2 Å². The molecule has 0 bridgehead atoms. The number of hydrogen-bond donors (Lipinski definition) is 1. The number of anilines is 1. The number of piperazine rings is 1. The van der Waals surface area contributed by atoms with Gasteiger partial charge >= 0.3 is 12.1 Å². The maximum atomic E-state index is 12.6. The van der Waals surface area contributed by atoms with E-state index in [-0.39, 0.29) is 11.9 Å². The molecule has 0 spiro atoms. The summed E-state index contributed by atoms with van der Waals surface area (Å²) in [5.41, 5.74) is 4.35. The Labute approximate surface area is 257 Å². The fraction of sp³-hybridized carbons (Fsp3) is 0.353. The molecule has 3 aromatic carbocycles. The summed E-state index contributed by atoms with van der Waals surface area (Å²) < 4.78 is 13.5. The molecule has 8 nitrogen and oxygen atoms in total. The van der Waals surface area contributed by atoms with Gasteiger partial charge in [-0.05, 0) is 81.5 Å². The van der Waals surface area contributed by atoms with Crippen molar-refractivity contribution in [3.05, 3.63) is 95.2 Å². The lowest BCUT2D eigenvalue weighted by Crippen LogP contribution is -2.50. The molecular weight excluding hydrogens is 562 g/mol. The third-order valence-electron chi connectivity index (χ3n) is 7.44. The summed E-state index contributed by atoms with van der Waals surface area (Å²) in [6.07, 6.45) is 0.630. The van der Waals surface area contributed by atoms with Crippen molar-refractivity contribution in [1.29, 1.82) is 0 Å². The van der Waals surface area contributed by atoms with Gasteiger partial charge in [0.05, 0.1) is 0 Å². The highest BCUT2D eigenvalue weighted by Gasteiger charge is 2.27. The Morgan fingerprint density at radius 2 is 1.67 bits per heavy atom. The summed E-state index contributed by atoms with van der Waals surface area (Å²) >= 11 is 1.67. The van der Waals surface area contributed by atoms with Gasteiger partial charge < -0.3 is 24.1 Å². The number of ether oxygens (including phenoxy) is 1. The fourth-order valence-electron chi connectivity index (χ4n) is 5.26. The summed E-state index contributed by atoms with van der Waals surface area (Å²) in [5, 5.41) is 10.3. The number of fused-ring (bicyclic) bond motifs is 1. The van der Waals surface area contributed by atoms with Gasteiger partial charge in [-0.2, -0.15) is 0 Å². The van der Waals surface area contributed by atoms with Gasteiger partial charge in [-0.1, -0.05) is 48.5 Å². The van der Waals surface area contributed by atoms with Crippen molar-refractivity contribution in [2.75, 3.05) is 37.6 Å². The van der Waals surface area contributed by atoms with Crippen molar-refractivity contribution < 1.29 is 23.8 Å². The number of carbonyl (C=O) groups is 2. The van der Waals surface area contributed by atoms with Crippen LogP contribution in [0.2, 0.25) is 0 Å². The maximum Gasteiger partial charge on any atom is 0.410 e. The molecule has 226 valence electrons. The van der Waals surface area contributed by atoms with Crippen molar-refractivity contribution in [3.63, 3.8) is 0 Å². The standard InChI is InChI=1S/C34H39N3O5S/c1-24-28-22-27(14-15-30(28)41-31(24)32(38)39)43-37(17-16-25-10-6-5-7-11-25)23-26-12-8-9-13-29(26)35-18-20-36(21-19-35)33(40)42-34(2,3)4/h5-15,22H,16-21,23H2,1-4H3,(H,38,39). The number of furan rings is 1. The number of hydrogen-bond acceptors (Lipinski definition) is 7. The van der Waals surface area contributed by atoms with Gasteiger partial charge in [0.25, 0.3) is 0 Å². The molecule has 4 aromatic rings. The summed E-state index contributed by atoms with van der Waals surface area (Å²) in [4.78, 5) is 29.4. The fourth-order valence-corrected chi connectivity index (χ4v) is 6.25. The van der Waals surface area contributed by atoms with Crippen LogP contribution in [0.1, 0.15) is 48.0 Å². The van der Waals surface area contributed by atoms with E-state index in [0.717, 1.165) is 36.3 Å². The third kappa shape index (κ3) is 7.72. The molecule has 0 radical (unpaired) electrons. The average Bonchev–Trinajstić information content (AvgIpc) is 3.32. The number of rotatable bonds is 9. The Morgan fingerprint density at radius 1 is 0.977 bits per heavy atom. The summed E-state index contributed by atoms with van der Waals surface area (Å²) in [5.74, 6) is -1.07. The highest BCUT2D eigenvalue weighted by atomic mass is 32.2. The molecule has 1 saturated heterocycles. The number of aromatic carboxylic acids is 1. The van der Waals surface area contributed by atoms with Crippen molar-refractivity contribution in [1.82, 2.24) is 9.21 Å². The molecule has 0 unspecified atom stereocenters. The van der Waals surface area contributed by atoms with E-state index in [1.807, 2.05) is 45.0 Å². The third-order valence-corrected chi connectivity index (χ3v) is 8.47. The van der Waals surface area contributed by atoms with Gasteiger partial charge in [-0.3, -0.25) is 0 Å². The molecule has 0 atom stereocenters. The number of amides is 1. The number of carbonyl (C=O) groups excluding carboxylic acids is 1. The molecule has 1 fully saturated rings. The van der Waals surface area contributed by atoms with Gasteiger partial charge in [-0.25, -0.2) is 13.9 Å². The van der Waals surface area contributed by atoms with E-state index in [4.69, 9.17) is 9.15 Å². The van der Waals surface area contributed by atoms with Crippen LogP contribution in [0.15, 0.2) is 82.1 Å². The minimum Gasteiger partial charge on any atom is -0.475 e. The molecule has 1 aliphatic heterocycles. The zero-order chi connectivity index (χ0) is 30.6. The first kappa shape index (κ1) is 30.5. The lowest BCUT2D eigenvalue weighted by molar-refractivity contribution is 0.0240. The van der Waals surface area contributed by atoms with Crippen molar-refractivity contribution in [3.8, 4) is 0 Å². The zero-order valence-corrected chi connectivity index (χ0v) is 26.0. The van der Waals surface area contributed by atoms with Crippen LogP contribution in [0, 0.1) is 6.92 Å². The number of aryl methyl sites for hydroxylation is 1. The normalized spacial score (nSPS) is 14.0. The predicted octanol–water partition coefficient (Wildman–Crippen LogP) is 7.25. The van der Waals surface area contributed by atoms with E-state index in [0.29, 0.717) is 30.8 Å². The van der Waals surface area contributed by atoms with Gasteiger partial charge in [-0.15, -0.1) is 0 Å². The van der Waals surface area contributed by atoms with Crippen LogP contribution >= 0.6 is 11.9 Å². The first-order chi connectivity index (χ1) is 20.6. The van der Waals surface area contributed by atoms with E-state index in [2.05, 4.69) is 57.7 Å². The van der Waals surface area contributed by atoms with Gasteiger partial charge in [0, 0.05) is 60.8 Å². The molecule has 1 N–H and O–H groups in total. The molecule has 0 saturated carbocycles. The van der Waals surface area contributed by atoms with Crippen LogP contribution in [0.3, 0.4) is 0 Å². The molecule has 1 aliphatic rings. The minimum absolute atomic E-state index is 0.0150. The quantitative estimate of drug-likeness (QED) is 0.201. The molecule has 2 heterocycles. The lowest BCUT2D eigenvalue weighted by Gasteiger charge is -2.38. The molecular formula is C34H39N3O5S. The zero-order valence-electron chi connectivity index (χ0n) is 25.2. The van der Waals surface area contributed by atoms with E-state index in [9.17, 15) is 14.7 Å². The SMILES string of the molecule is Cc1c(C(=O)O)oc2ccc(SN(CCc3ccccc3)Cc3ccccc3N3CCN(C(=O)OC(C)(C)C)CC3)cc12. The molecule has 1 aromatic heterocycles. The van der Waals surface area contributed by atoms with Crippen LogP contribution in [0.5, 0.6) is 0 Å². The van der Waals surface area contributed by atoms with Gasteiger partial charge in [0.15, 0.2) is 0 Å². The first-order valence-electron chi connectivity index (χ1n) is 14.6. The smallest absolute Gasteiger partial charge is 0.410 e. The Balaban J connectivity index is 1.34. The van der Waals surface area contributed by atoms with E-state index in [1.54, 1.807) is 23.8 Å². The Morgan fingerprint density at radius 3 is 2.37 bits per heavy atom. The van der Waals surface area contributed by atoms with Crippen LogP contribution < -0.4 is 4.90 Å². The average molecular weight is 602 g/mol. The number of benzene rings is 3. The Bertz CT molecular complexity index is 1570. The lowest BCUT2D eigenvalue weighted by atomic mass is 10.1. The van der Waals surface area contributed by atoms with Crippen LogP contribution in [0.4, 0.5) is 10.5 Å². The van der Waals surface area contributed by atoms with Gasteiger partial charge in [0.1, 0.15) is 11.2 Å². The van der Waals surface area contributed by atoms with E-state index >= 15 is 0 Å².